The molecule has 3 aromatic rings. The van der Waals surface area contributed by atoms with Crippen LogP contribution in [0.15, 0.2) is 42.7 Å². The molecule has 0 atom stereocenters. The van der Waals surface area contributed by atoms with Crippen LogP contribution in [-0.2, 0) is 16.6 Å². The summed E-state index contributed by atoms with van der Waals surface area (Å²) in [5, 5.41) is 12.2. The molecule has 2 aromatic heterocycles. The quantitative estimate of drug-likeness (QED) is 0.462. The van der Waals surface area contributed by atoms with E-state index in [1.807, 2.05) is 0 Å². The fraction of sp³-hybridized carbons (Fsp3) is 0.333. The van der Waals surface area contributed by atoms with Gasteiger partial charge in [-0.3, -0.25) is 4.79 Å². The summed E-state index contributed by atoms with van der Waals surface area (Å²) in [4.78, 5) is 23.3. The lowest BCUT2D eigenvalue weighted by Gasteiger charge is -2.30. The van der Waals surface area contributed by atoms with Gasteiger partial charge in [-0.25, -0.2) is 19.3 Å². The summed E-state index contributed by atoms with van der Waals surface area (Å²) in [5.74, 6) is -1.63. The van der Waals surface area contributed by atoms with Crippen molar-refractivity contribution in [1.29, 1.82) is 0 Å². The van der Waals surface area contributed by atoms with E-state index in [1.54, 1.807) is 30.5 Å². The summed E-state index contributed by atoms with van der Waals surface area (Å²) in [7, 11) is 0. The Labute approximate surface area is 184 Å². The van der Waals surface area contributed by atoms with Gasteiger partial charge in [-0.15, -0.1) is 11.3 Å². The Bertz CT molecular complexity index is 1130. The highest BCUT2D eigenvalue weighted by molar-refractivity contribution is 7.15. The van der Waals surface area contributed by atoms with Gasteiger partial charge in [0.15, 0.2) is 5.67 Å². The fourth-order valence-electron chi connectivity index (χ4n) is 3.61. The lowest BCUT2D eigenvalue weighted by molar-refractivity contribution is -0.144. The number of thiazole rings is 1. The summed E-state index contributed by atoms with van der Waals surface area (Å²) in [6.07, 6.45) is -1.28. The van der Waals surface area contributed by atoms with E-state index in [2.05, 4.69) is 20.3 Å². The number of aliphatic carboxylic acids is 1. The zero-order valence-electron chi connectivity index (χ0n) is 16.6. The summed E-state index contributed by atoms with van der Waals surface area (Å²) in [6.45, 7) is 0. The number of carbonyl (C=O) groups is 1. The normalized spacial score (nSPS) is 21.3. The summed E-state index contributed by atoms with van der Waals surface area (Å²) in [5.41, 5.74) is -1.54. The van der Waals surface area contributed by atoms with Crippen LogP contribution in [0.2, 0.25) is 0 Å². The number of hydrogen-bond donors (Lipinski definition) is 2. The van der Waals surface area contributed by atoms with Gasteiger partial charge in [-0.2, -0.15) is 13.2 Å². The summed E-state index contributed by atoms with van der Waals surface area (Å²) in [6, 6.07) is 7.61. The Kier molecular flexibility index (Phi) is 5.85. The molecule has 0 saturated heterocycles. The van der Waals surface area contributed by atoms with E-state index in [-0.39, 0.29) is 31.6 Å². The number of benzene rings is 1. The van der Waals surface area contributed by atoms with E-state index in [0.717, 1.165) is 12.3 Å². The highest BCUT2D eigenvalue weighted by Crippen LogP contribution is 2.45. The number of carboxylic acids is 1. The van der Waals surface area contributed by atoms with Crippen LogP contribution in [0.4, 0.5) is 29.2 Å². The van der Waals surface area contributed by atoms with Crippen LogP contribution in [0.1, 0.15) is 36.4 Å². The van der Waals surface area contributed by atoms with E-state index in [0.29, 0.717) is 21.1 Å². The number of carboxylic acid groups (broad SMARTS) is 1. The van der Waals surface area contributed by atoms with Crippen molar-refractivity contribution >= 4 is 28.9 Å². The Morgan fingerprint density at radius 2 is 1.94 bits per heavy atom. The molecule has 4 rings (SSSR count). The van der Waals surface area contributed by atoms with Crippen LogP contribution >= 0.6 is 11.3 Å². The van der Waals surface area contributed by atoms with Crippen LogP contribution in [0, 0.1) is 5.92 Å². The zero-order chi connectivity index (χ0) is 22.9. The molecule has 1 aliphatic rings. The predicted molar refractivity (Wildman–Crippen MR) is 110 cm³/mol. The lowest BCUT2D eigenvalue weighted by atomic mass is 9.80. The Hall–Kier alpha value is -3.08. The third kappa shape index (κ3) is 4.72. The first-order chi connectivity index (χ1) is 15.1. The van der Waals surface area contributed by atoms with Gasteiger partial charge < -0.3 is 10.4 Å². The van der Waals surface area contributed by atoms with Crippen molar-refractivity contribution in [3.8, 4) is 10.4 Å². The average Bonchev–Trinajstić information content (AvgIpc) is 3.25. The van der Waals surface area contributed by atoms with Crippen LogP contribution < -0.4 is 5.32 Å². The molecule has 0 radical (unpaired) electrons. The molecule has 2 N–H and O–H groups in total. The zero-order valence-corrected chi connectivity index (χ0v) is 17.4. The number of aromatic nitrogens is 3. The van der Waals surface area contributed by atoms with Crippen molar-refractivity contribution in [2.75, 3.05) is 5.32 Å². The van der Waals surface area contributed by atoms with E-state index in [4.69, 9.17) is 5.11 Å². The molecule has 1 aromatic carbocycles. The maximum atomic E-state index is 15.4. The minimum absolute atomic E-state index is 0.103. The van der Waals surface area contributed by atoms with Crippen LogP contribution in [-0.4, -0.2) is 26.0 Å². The SMILES string of the molecule is O=C(O)C1CCC(F)(c2ncc(-c3cccc(Nc4nccc(C(F)(F)F)n4)c3)s2)CC1. The smallest absolute Gasteiger partial charge is 0.433 e. The molecule has 0 amide bonds. The van der Waals surface area contributed by atoms with Gasteiger partial charge in [0.05, 0.1) is 10.8 Å². The van der Waals surface area contributed by atoms with Crippen LogP contribution in [0.5, 0.6) is 0 Å². The first-order valence-corrected chi connectivity index (χ1v) is 10.6. The van der Waals surface area contributed by atoms with Crippen molar-refractivity contribution in [2.45, 2.75) is 37.5 Å². The second-order valence-electron chi connectivity index (χ2n) is 7.58. The molecule has 0 aliphatic heterocycles. The van der Waals surface area contributed by atoms with Gasteiger partial charge >= 0.3 is 12.1 Å². The van der Waals surface area contributed by atoms with Gasteiger partial charge in [0.2, 0.25) is 5.95 Å². The molecule has 1 saturated carbocycles. The number of hydrogen-bond acceptors (Lipinski definition) is 6. The molecule has 32 heavy (non-hydrogen) atoms. The Balaban J connectivity index is 1.51. The number of anilines is 2. The number of nitrogens with one attached hydrogen (secondary N) is 1. The molecule has 1 fully saturated rings. The van der Waals surface area contributed by atoms with Crippen molar-refractivity contribution in [1.82, 2.24) is 15.0 Å². The predicted octanol–water partition coefficient (Wildman–Crippen LogP) is 5.80. The molecule has 0 spiro atoms. The van der Waals surface area contributed by atoms with E-state index in [9.17, 15) is 18.0 Å². The summed E-state index contributed by atoms with van der Waals surface area (Å²) >= 11 is 1.18. The summed E-state index contributed by atoms with van der Waals surface area (Å²) < 4.78 is 54.0. The van der Waals surface area contributed by atoms with Gasteiger partial charge in [0.25, 0.3) is 0 Å². The number of alkyl halides is 4. The fourth-order valence-corrected chi connectivity index (χ4v) is 4.66. The average molecular weight is 466 g/mol. The first kappa shape index (κ1) is 22.1. The van der Waals surface area contributed by atoms with Crippen molar-refractivity contribution in [2.24, 2.45) is 5.92 Å². The van der Waals surface area contributed by atoms with Gasteiger partial charge in [-0.1, -0.05) is 12.1 Å². The minimum atomic E-state index is -4.58. The third-order valence-electron chi connectivity index (χ3n) is 5.37. The standard InChI is InChI=1S/C21H18F4N4O2S/c22-20(7-4-12(5-8-20)17(30)31)18-27-11-15(32-18)13-2-1-3-14(10-13)28-19-26-9-6-16(29-19)21(23,24)25/h1-3,6,9-12H,4-5,7-8H2,(H,30,31)(H,26,28,29). The molecule has 1 aliphatic carbocycles. The molecule has 0 unspecified atom stereocenters. The lowest BCUT2D eigenvalue weighted by Crippen LogP contribution is -2.30. The molecule has 11 heteroatoms. The van der Waals surface area contributed by atoms with Gasteiger partial charge in [0.1, 0.15) is 10.7 Å². The van der Waals surface area contributed by atoms with Crippen LogP contribution in [0.25, 0.3) is 10.4 Å². The maximum Gasteiger partial charge on any atom is 0.433 e. The molecule has 6 nitrogen and oxygen atoms in total. The first-order valence-electron chi connectivity index (χ1n) is 9.80. The Morgan fingerprint density at radius 3 is 2.62 bits per heavy atom. The molecular weight excluding hydrogens is 448 g/mol. The van der Waals surface area contributed by atoms with Crippen molar-refractivity contribution in [3.63, 3.8) is 0 Å². The van der Waals surface area contributed by atoms with Gasteiger partial charge in [0, 0.05) is 18.1 Å². The highest BCUT2D eigenvalue weighted by Gasteiger charge is 2.41. The maximum absolute atomic E-state index is 15.4. The number of halogens is 4. The van der Waals surface area contributed by atoms with Gasteiger partial charge in [-0.05, 0) is 49.4 Å². The second kappa shape index (κ2) is 8.45. The highest BCUT2D eigenvalue weighted by atomic mass is 32.1. The molecule has 168 valence electrons. The van der Waals surface area contributed by atoms with E-state index >= 15 is 4.39 Å². The van der Waals surface area contributed by atoms with Crippen LogP contribution in [0.3, 0.4) is 0 Å². The Morgan fingerprint density at radius 1 is 1.19 bits per heavy atom. The van der Waals surface area contributed by atoms with E-state index < -0.39 is 29.4 Å². The largest absolute Gasteiger partial charge is 0.481 e. The second-order valence-corrected chi connectivity index (χ2v) is 8.61. The monoisotopic (exact) mass is 466 g/mol. The molecular formula is C21H18F4N4O2S. The van der Waals surface area contributed by atoms with E-state index in [1.165, 1.54) is 11.3 Å². The minimum Gasteiger partial charge on any atom is -0.481 e. The van der Waals surface area contributed by atoms with Crippen molar-refractivity contribution < 1.29 is 27.5 Å². The van der Waals surface area contributed by atoms with Crippen molar-refractivity contribution in [3.05, 3.63) is 53.4 Å². The molecule has 2 heterocycles. The number of nitrogens with zero attached hydrogens (tertiary/aromatic N) is 3. The number of rotatable bonds is 5. The topological polar surface area (TPSA) is 88.0 Å². The third-order valence-corrected chi connectivity index (χ3v) is 6.59. The molecule has 0 bridgehead atoms.